The molecule has 0 aliphatic carbocycles. The molecule has 104 valence electrons. The third kappa shape index (κ3) is 4.16. The number of nitrogens with two attached hydrogens (primary N) is 1. The lowest BCUT2D eigenvalue weighted by Crippen LogP contribution is -2.27. The van der Waals surface area contributed by atoms with E-state index in [1.54, 1.807) is 26.0 Å². The van der Waals surface area contributed by atoms with Crippen LogP contribution >= 0.6 is 11.8 Å². The number of terminal acetylenes is 1. The summed E-state index contributed by atoms with van der Waals surface area (Å²) in [6.07, 6.45) is 5.12. The molecule has 0 spiro atoms. The number of benzene rings is 1. The molecular weight excluding hydrogens is 280 g/mol. The third-order valence-electron chi connectivity index (χ3n) is 2.64. The fourth-order valence-electron chi connectivity index (χ4n) is 1.71. The highest BCUT2D eigenvalue weighted by Crippen LogP contribution is 2.24. The highest BCUT2D eigenvalue weighted by Gasteiger charge is 2.20. The van der Waals surface area contributed by atoms with E-state index in [0.29, 0.717) is 34.9 Å². The quantitative estimate of drug-likeness (QED) is 0.474. The van der Waals surface area contributed by atoms with Crippen LogP contribution in [0.1, 0.15) is 11.1 Å². The van der Waals surface area contributed by atoms with E-state index in [9.17, 15) is 8.42 Å². The average molecular weight is 298 g/mol. The van der Waals surface area contributed by atoms with Crippen molar-refractivity contribution in [2.75, 3.05) is 23.8 Å². The van der Waals surface area contributed by atoms with Gasteiger partial charge in [0, 0.05) is 18.0 Å². The lowest BCUT2D eigenvalue weighted by Gasteiger charge is -2.13. The minimum absolute atomic E-state index is 0.273. The number of sulfonamides is 1. The first-order valence-electron chi connectivity index (χ1n) is 5.76. The molecule has 3 N–H and O–H groups in total. The molecule has 0 radical (unpaired) electrons. The van der Waals surface area contributed by atoms with E-state index in [-0.39, 0.29) is 4.90 Å². The van der Waals surface area contributed by atoms with Gasteiger partial charge < -0.3 is 5.73 Å². The van der Waals surface area contributed by atoms with Crippen LogP contribution < -0.4 is 10.5 Å². The van der Waals surface area contributed by atoms with Crippen LogP contribution in [0.4, 0.5) is 5.69 Å². The summed E-state index contributed by atoms with van der Waals surface area (Å²) in [5, 5.41) is 0. The summed E-state index contributed by atoms with van der Waals surface area (Å²) in [6.45, 7) is 3.82. The summed E-state index contributed by atoms with van der Waals surface area (Å²) in [6, 6.07) is 3.43. The van der Waals surface area contributed by atoms with Gasteiger partial charge in [0.05, 0.1) is 10.6 Å². The van der Waals surface area contributed by atoms with Crippen LogP contribution in [0.2, 0.25) is 0 Å². The summed E-state index contributed by atoms with van der Waals surface area (Å²) < 4.78 is 27.1. The van der Waals surface area contributed by atoms with Crippen molar-refractivity contribution >= 4 is 27.5 Å². The number of hydrogen-bond donors (Lipinski definition) is 2. The Morgan fingerprint density at radius 3 is 2.74 bits per heavy atom. The second-order valence-corrected chi connectivity index (χ2v) is 6.89. The number of rotatable bonds is 6. The van der Waals surface area contributed by atoms with Crippen LogP contribution in [0.25, 0.3) is 0 Å². The SMILES string of the molecule is C#CCSCCNS(=O)(=O)c1c(C)ccc(N)c1C. The van der Waals surface area contributed by atoms with Crippen molar-refractivity contribution < 1.29 is 8.42 Å². The number of nitrogen functional groups attached to an aromatic ring is 1. The van der Waals surface area contributed by atoms with Crippen LogP contribution in [0.5, 0.6) is 0 Å². The Morgan fingerprint density at radius 2 is 2.11 bits per heavy atom. The molecular formula is C13H18N2O2S2. The lowest BCUT2D eigenvalue weighted by molar-refractivity contribution is 0.583. The molecule has 0 fully saturated rings. The zero-order chi connectivity index (χ0) is 14.5. The normalized spacial score (nSPS) is 11.2. The van der Waals surface area contributed by atoms with Gasteiger partial charge in [-0.3, -0.25) is 0 Å². The van der Waals surface area contributed by atoms with Gasteiger partial charge in [-0.1, -0.05) is 12.0 Å². The van der Waals surface area contributed by atoms with Gasteiger partial charge >= 0.3 is 0 Å². The molecule has 1 rings (SSSR count). The van der Waals surface area contributed by atoms with E-state index < -0.39 is 10.0 Å². The molecule has 0 unspecified atom stereocenters. The predicted molar refractivity (Wildman–Crippen MR) is 81.7 cm³/mol. The Morgan fingerprint density at radius 1 is 1.42 bits per heavy atom. The van der Waals surface area contributed by atoms with Crippen molar-refractivity contribution in [2.45, 2.75) is 18.7 Å². The highest BCUT2D eigenvalue weighted by atomic mass is 32.2. The Hall–Kier alpha value is -1.16. The van der Waals surface area contributed by atoms with Gasteiger partial charge in [0.2, 0.25) is 10.0 Å². The fourth-order valence-corrected chi connectivity index (χ4v) is 3.87. The molecule has 1 aromatic rings. The lowest BCUT2D eigenvalue weighted by atomic mass is 10.1. The fraction of sp³-hybridized carbons (Fsp3) is 0.385. The Bertz CT molecular complexity index is 589. The summed E-state index contributed by atoms with van der Waals surface area (Å²) in [4.78, 5) is 0.273. The smallest absolute Gasteiger partial charge is 0.241 e. The maximum Gasteiger partial charge on any atom is 0.241 e. The van der Waals surface area contributed by atoms with Crippen LogP contribution in [0.15, 0.2) is 17.0 Å². The van der Waals surface area contributed by atoms with Gasteiger partial charge in [0.1, 0.15) is 0 Å². The molecule has 0 atom stereocenters. The molecule has 1 aromatic carbocycles. The van der Waals surface area contributed by atoms with E-state index >= 15 is 0 Å². The van der Waals surface area contributed by atoms with E-state index in [4.69, 9.17) is 12.2 Å². The third-order valence-corrected chi connectivity index (χ3v) is 5.25. The largest absolute Gasteiger partial charge is 0.398 e. The molecule has 0 aliphatic rings. The van der Waals surface area contributed by atoms with Crippen molar-refractivity contribution in [3.63, 3.8) is 0 Å². The van der Waals surface area contributed by atoms with Gasteiger partial charge in [0.25, 0.3) is 0 Å². The molecule has 0 aromatic heterocycles. The Labute approximate surface area is 119 Å². The second kappa shape index (κ2) is 6.85. The molecule has 0 saturated heterocycles. The molecule has 0 aliphatic heterocycles. The minimum atomic E-state index is -3.53. The maximum atomic E-state index is 12.2. The second-order valence-electron chi connectivity index (χ2n) is 4.08. The van der Waals surface area contributed by atoms with E-state index in [2.05, 4.69) is 10.6 Å². The molecule has 0 bridgehead atoms. The van der Waals surface area contributed by atoms with Gasteiger partial charge in [-0.15, -0.1) is 18.2 Å². The van der Waals surface area contributed by atoms with Crippen molar-refractivity contribution in [3.05, 3.63) is 23.3 Å². The van der Waals surface area contributed by atoms with Crippen LogP contribution in [0.3, 0.4) is 0 Å². The predicted octanol–water partition coefficient (Wildman–Crippen LogP) is 1.53. The number of aryl methyl sites for hydroxylation is 1. The standard InChI is InChI=1S/C13H18N2O2S2/c1-4-8-18-9-7-15-19(16,17)13-10(2)5-6-12(14)11(13)3/h1,5-6,15H,7-9,14H2,2-3H3. The molecule has 0 saturated carbocycles. The summed E-state index contributed by atoms with van der Waals surface area (Å²) in [7, 11) is -3.53. The summed E-state index contributed by atoms with van der Waals surface area (Å²) >= 11 is 1.51. The molecule has 4 nitrogen and oxygen atoms in total. The highest BCUT2D eigenvalue weighted by molar-refractivity contribution is 7.99. The first-order valence-corrected chi connectivity index (χ1v) is 8.40. The van der Waals surface area contributed by atoms with Crippen molar-refractivity contribution in [1.29, 1.82) is 0 Å². The summed E-state index contributed by atoms with van der Waals surface area (Å²) in [5.41, 5.74) is 7.52. The summed E-state index contributed by atoms with van der Waals surface area (Å²) in [5.74, 6) is 3.72. The van der Waals surface area contributed by atoms with E-state index in [1.807, 2.05) is 0 Å². The zero-order valence-corrected chi connectivity index (χ0v) is 12.7. The van der Waals surface area contributed by atoms with E-state index in [1.165, 1.54) is 11.8 Å². The average Bonchev–Trinajstić information content (AvgIpc) is 2.34. The Balaban J connectivity index is 2.84. The number of thioether (sulfide) groups is 1. The van der Waals surface area contributed by atoms with Crippen molar-refractivity contribution in [1.82, 2.24) is 4.72 Å². The van der Waals surface area contributed by atoms with Gasteiger partial charge in [-0.25, -0.2) is 13.1 Å². The number of anilines is 1. The van der Waals surface area contributed by atoms with Gasteiger partial charge in [0.15, 0.2) is 0 Å². The number of hydrogen-bond acceptors (Lipinski definition) is 4. The van der Waals surface area contributed by atoms with Gasteiger partial charge in [-0.05, 0) is 31.0 Å². The molecule has 6 heteroatoms. The van der Waals surface area contributed by atoms with E-state index in [0.717, 1.165) is 0 Å². The first-order chi connectivity index (χ1) is 8.90. The first kappa shape index (κ1) is 15.9. The molecule has 0 heterocycles. The van der Waals surface area contributed by atoms with Crippen molar-refractivity contribution in [3.8, 4) is 12.3 Å². The van der Waals surface area contributed by atoms with Crippen molar-refractivity contribution in [2.24, 2.45) is 0 Å². The zero-order valence-electron chi connectivity index (χ0n) is 11.1. The van der Waals surface area contributed by atoms with Crippen LogP contribution in [-0.2, 0) is 10.0 Å². The molecule has 0 amide bonds. The van der Waals surface area contributed by atoms with Crippen LogP contribution in [-0.4, -0.2) is 26.5 Å². The Kier molecular flexibility index (Phi) is 5.73. The number of nitrogens with one attached hydrogen (secondary N) is 1. The molecule has 19 heavy (non-hydrogen) atoms. The topological polar surface area (TPSA) is 72.2 Å². The maximum absolute atomic E-state index is 12.2. The van der Waals surface area contributed by atoms with Crippen LogP contribution in [0, 0.1) is 26.2 Å². The van der Waals surface area contributed by atoms with Gasteiger partial charge in [-0.2, -0.15) is 0 Å². The monoisotopic (exact) mass is 298 g/mol. The minimum Gasteiger partial charge on any atom is -0.398 e.